The number of hydrogen-bond acceptors (Lipinski definition) is 5. The molecule has 9 heteroatoms. The Balaban J connectivity index is 2.64. The molecule has 0 aliphatic rings. The molecule has 0 aromatic heterocycles. The van der Waals surface area contributed by atoms with Crippen molar-refractivity contribution in [2.45, 2.75) is 6.92 Å². The van der Waals surface area contributed by atoms with Crippen molar-refractivity contribution in [2.75, 3.05) is 12.4 Å². The Morgan fingerprint density at radius 1 is 1.47 bits per heavy atom. The van der Waals surface area contributed by atoms with Crippen molar-refractivity contribution in [2.24, 2.45) is 5.92 Å². The first kappa shape index (κ1) is 16.0. The summed E-state index contributed by atoms with van der Waals surface area (Å²) in [5, 5.41) is 10.5. The number of nitro groups is 1. The van der Waals surface area contributed by atoms with E-state index in [-0.39, 0.29) is 29.0 Å². The standard InChI is InChI=1S/C10H11Cl2NO5S/c1-7(6-19(12,16)17)5-18-8-2-3-10(13(14)15)9(11)4-8/h2-4,7H,5-6H2,1H3. The lowest BCUT2D eigenvalue weighted by molar-refractivity contribution is -0.384. The van der Waals surface area contributed by atoms with Gasteiger partial charge in [-0.05, 0) is 6.07 Å². The Morgan fingerprint density at radius 2 is 2.11 bits per heavy atom. The highest BCUT2D eigenvalue weighted by molar-refractivity contribution is 8.13. The smallest absolute Gasteiger partial charge is 0.288 e. The molecule has 6 nitrogen and oxygen atoms in total. The molecule has 106 valence electrons. The second-order valence-corrected chi connectivity index (χ2v) is 7.22. The average molecular weight is 328 g/mol. The Morgan fingerprint density at radius 3 is 2.58 bits per heavy atom. The van der Waals surface area contributed by atoms with Gasteiger partial charge in [-0.2, -0.15) is 0 Å². The second kappa shape index (κ2) is 6.40. The molecule has 1 aromatic rings. The Bertz CT molecular complexity index is 575. The maximum Gasteiger partial charge on any atom is 0.288 e. The van der Waals surface area contributed by atoms with Crippen LogP contribution in [0.15, 0.2) is 18.2 Å². The molecule has 0 amide bonds. The van der Waals surface area contributed by atoms with Gasteiger partial charge in [-0.3, -0.25) is 10.1 Å². The molecule has 0 radical (unpaired) electrons. The maximum absolute atomic E-state index is 10.8. The largest absolute Gasteiger partial charge is 0.493 e. The van der Waals surface area contributed by atoms with Gasteiger partial charge in [0, 0.05) is 28.7 Å². The number of halogens is 2. The summed E-state index contributed by atoms with van der Waals surface area (Å²) in [6, 6.07) is 3.92. The molecule has 1 rings (SSSR count). The molecule has 0 spiro atoms. The van der Waals surface area contributed by atoms with E-state index in [1.54, 1.807) is 6.92 Å². The zero-order valence-corrected chi connectivity index (χ0v) is 12.2. The van der Waals surface area contributed by atoms with E-state index in [9.17, 15) is 18.5 Å². The van der Waals surface area contributed by atoms with Crippen molar-refractivity contribution < 1.29 is 18.1 Å². The van der Waals surface area contributed by atoms with E-state index in [1.807, 2.05) is 0 Å². The third-order valence-corrected chi connectivity index (χ3v) is 3.78. The van der Waals surface area contributed by atoms with Crippen LogP contribution in [-0.2, 0) is 9.05 Å². The third kappa shape index (κ3) is 5.63. The first-order valence-corrected chi connectivity index (χ1v) is 8.04. The number of ether oxygens (including phenoxy) is 1. The Kier molecular flexibility index (Phi) is 5.39. The number of hydrogen-bond donors (Lipinski definition) is 0. The van der Waals surface area contributed by atoms with Gasteiger partial charge in [0.15, 0.2) is 0 Å². The van der Waals surface area contributed by atoms with E-state index in [0.29, 0.717) is 5.75 Å². The minimum Gasteiger partial charge on any atom is -0.493 e. The molecule has 1 unspecified atom stereocenters. The highest BCUT2D eigenvalue weighted by atomic mass is 35.7. The number of benzene rings is 1. The number of nitro benzene ring substituents is 1. The molecular weight excluding hydrogens is 317 g/mol. The van der Waals surface area contributed by atoms with Gasteiger partial charge in [0.05, 0.1) is 17.3 Å². The number of rotatable bonds is 6. The Labute approximate surface area is 119 Å². The van der Waals surface area contributed by atoms with Gasteiger partial charge in [0.1, 0.15) is 10.8 Å². The molecule has 0 N–H and O–H groups in total. The summed E-state index contributed by atoms with van der Waals surface area (Å²) in [6.07, 6.45) is 0. The van der Waals surface area contributed by atoms with E-state index in [2.05, 4.69) is 0 Å². The summed E-state index contributed by atoms with van der Waals surface area (Å²) >= 11 is 5.71. The molecule has 19 heavy (non-hydrogen) atoms. The first-order valence-electron chi connectivity index (χ1n) is 5.18. The molecule has 0 fully saturated rings. The fourth-order valence-corrected chi connectivity index (χ4v) is 3.01. The zero-order valence-electron chi connectivity index (χ0n) is 9.88. The summed E-state index contributed by atoms with van der Waals surface area (Å²) in [7, 11) is 1.53. The van der Waals surface area contributed by atoms with Crippen molar-refractivity contribution in [1.29, 1.82) is 0 Å². The lowest BCUT2D eigenvalue weighted by Gasteiger charge is -2.11. The third-order valence-electron chi connectivity index (χ3n) is 2.13. The highest BCUT2D eigenvalue weighted by Gasteiger charge is 2.15. The molecule has 0 bridgehead atoms. The lowest BCUT2D eigenvalue weighted by atomic mass is 10.2. The van der Waals surface area contributed by atoms with Crippen LogP contribution in [0, 0.1) is 16.0 Å². The SMILES string of the molecule is CC(COc1ccc([N+](=O)[O-])c(Cl)c1)CS(=O)(=O)Cl. The van der Waals surface area contributed by atoms with Crippen LogP contribution in [0.25, 0.3) is 0 Å². The molecule has 0 aliphatic heterocycles. The van der Waals surface area contributed by atoms with Crippen molar-refractivity contribution in [3.63, 3.8) is 0 Å². The van der Waals surface area contributed by atoms with E-state index >= 15 is 0 Å². The van der Waals surface area contributed by atoms with Gasteiger partial charge in [0.25, 0.3) is 5.69 Å². The summed E-state index contributed by atoms with van der Waals surface area (Å²) in [4.78, 5) is 9.95. The molecule has 0 saturated carbocycles. The fraction of sp³-hybridized carbons (Fsp3) is 0.400. The first-order chi connectivity index (χ1) is 8.69. The maximum atomic E-state index is 10.8. The van der Waals surface area contributed by atoms with E-state index < -0.39 is 14.0 Å². The minimum atomic E-state index is -3.58. The van der Waals surface area contributed by atoms with Crippen LogP contribution in [-0.4, -0.2) is 25.7 Å². The summed E-state index contributed by atoms with van der Waals surface area (Å²) in [5.41, 5.74) is -0.217. The molecule has 1 atom stereocenters. The minimum absolute atomic E-state index is 0.0416. The molecule has 0 saturated heterocycles. The van der Waals surface area contributed by atoms with Crippen molar-refractivity contribution in [3.05, 3.63) is 33.3 Å². The second-order valence-electron chi connectivity index (χ2n) is 3.99. The van der Waals surface area contributed by atoms with Gasteiger partial charge < -0.3 is 4.74 Å². The van der Waals surface area contributed by atoms with Crippen LogP contribution in [0.5, 0.6) is 5.75 Å². The van der Waals surface area contributed by atoms with E-state index in [0.717, 1.165) is 0 Å². The quantitative estimate of drug-likeness (QED) is 0.455. The van der Waals surface area contributed by atoms with Gasteiger partial charge >= 0.3 is 0 Å². The van der Waals surface area contributed by atoms with Crippen LogP contribution in [0.2, 0.25) is 5.02 Å². The van der Waals surface area contributed by atoms with Crippen LogP contribution in [0.1, 0.15) is 6.92 Å². The normalized spacial score (nSPS) is 13.0. The van der Waals surface area contributed by atoms with Crippen LogP contribution >= 0.6 is 22.3 Å². The highest BCUT2D eigenvalue weighted by Crippen LogP contribution is 2.28. The van der Waals surface area contributed by atoms with Crippen molar-refractivity contribution in [3.8, 4) is 5.75 Å². The molecule has 1 aromatic carbocycles. The summed E-state index contributed by atoms with van der Waals surface area (Å²) in [6.45, 7) is 1.77. The van der Waals surface area contributed by atoms with Gasteiger partial charge in [-0.1, -0.05) is 18.5 Å². The molecule has 0 aliphatic carbocycles. The molecule has 0 heterocycles. The summed E-state index contributed by atoms with van der Waals surface area (Å²) in [5.74, 6) is -0.194. The van der Waals surface area contributed by atoms with E-state index in [1.165, 1.54) is 18.2 Å². The lowest BCUT2D eigenvalue weighted by Crippen LogP contribution is -2.16. The van der Waals surface area contributed by atoms with Gasteiger partial charge in [-0.25, -0.2) is 8.42 Å². The predicted molar refractivity (Wildman–Crippen MR) is 72.4 cm³/mol. The predicted octanol–water partition coefficient (Wildman–Crippen LogP) is 2.83. The van der Waals surface area contributed by atoms with Crippen molar-refractivity contribution in [1.82, 2.24) is 0 Å². The number of nitrogens with zero attached hydrogens (tertiary/aromatic N) is 1. The summed E-state index contributed by atoms with van der Waals surface area (Å²) < 4.78 is 27.0. The van der Waals surface area contributed by atoms with Gasteiger partial charge in [-0.15, -0.1) is 0 Å². The van der Waals surface area contributed by atoms with Crippen molar-refractivity contribution >= 4 is 37.0 Å². The Hall–Kier alpha value is -1.05. The van der Waals surface area contributed by atoms with Crippen LogP contribution in [0.3, 0.4) is 0 Å². The molecular formula is C10H11Cl2NO5S. The average Bonchev–Trinajstić information content (AvgIpc) is 2.23. The van der Waals surface area contributed by atoms with Gasteiger partial charge in [0.2, 0.25) is 9.05 Å². The topological polar surface area (TPSA) is 86.5 Å². The van der Waals surface area contributed by atoms with Crippen LogP contribution in [0.4, 0.5) is 5.69 Å². The zero-order chi connectivity index (χ0) is 14.6. The van der Waals surface area contributed by atoms with Crippen LogP contribution < -0.4 is 4.74 Å². The monoisotopic (exact) mass is 327 g/mol. The van der Waals surface area contributed by atoms with E-state index in [4.69, 9.17) is 27.0 Å². The fourth-order valence-electron chi connectivity index (χ4n) is 1.35.